The number of carbonyl (C=O) groups excluding carboxylic acids is 2. The fourth-order valence-electron chi connectivity index (χ4n) is 3.08. The largest absolute Gasteiger partial charge is 0.282 e. The molecule has 0 radical (unpaired) electrons. The Morgan fingerprint density at radius 3 is 2.18 bits per heavy atom. The van der Waals surface area contributed by atoms with Crippen LogP contribution in [-0.4, -0.2) is 28.0 Å². The Balaban J connectivity index is 1.85. The number of hydrazone groups is 1. The second-order valence-corrected chi connectivity index (χ2v) is 5.92. The van der Waals surface area contributed by atoms with Crippen molar-refractivity contribution in [2.75, 3.05) is 0 Å². The number of amides is 2. The minimum absolute atomic E-state index is 0.0296. The first-order chi connectivity index (χ1) is 13.4. The molecule has 0 N–H and O–H groups in total. The van der Waals surface area contributed by atoms with E-state index in [4.69, 9.17) is 0 Å². The summed E-state index contributed by atoms with van der Waals surface area (Å²) in [4.78, 5) is 36.1. The Morgan fingerprint density at radius 1 is 0.929 bits per heavy atom. The lowest BCUT2D eigenvalue weighted by molar-refractivity contribution is -0.383. The number of halogens is 2. The van der Waals surface area contributed by atoms with Gasteiger partial charge in [0.2, 0.25) is 0 Å². The molecule has 1 aliphatic rings. The molecular formula is C19H9F2N3O4. The average Bonchev–Trinajstić information content (AvgIpc) is 2.67. The van der Waals surface area contributed by atoms with Gasteiger partial charge in [0.05, 0.1) is 33.2 Å². The molecule has 3 aromatic rings. The highest BCUT2D eigenvalue weighted by Gasteiger charge is 2.34. The molecule has 3 aromatic carbocycles. The number of hydrogen-bond acceptors (Lipinski definition) is 5. The topological polar surface area (TPSA) is 92.9 Å². The van der Waals surface area contributed by atoms with Crippen LogP contribution in [0.15, 0.2) is 53.6 Å². The summed E-state index contributed by atoms with van der Waals surface area (Å²) >= 11 is 0. The molecule has 0 aromatic heterocycles. The molecule has 9 heteroatoms. The van der Waals surface area contributed by atoms with E-state index >= 15 is 0 Å². The average molecular weight is 381 g/mol. The number of benzene rings is 3. The van der Waals surface area contributed by atoms with Gasteiger partial charge in [-0.15, -0.1) is 0 Å². The molecule has 1 heterocycles. The highest BCUT2D eigenvalue weighted by molar-refractivity contribution is 6.26. The SMILES string of the molecule is O=C1c2cccc3c([N+](=O)[O-])ccc(c23)C(=O)N1N=Cc1c(F)cccc1F. The maximum Gasteiger partial charge on any atom is 0.282 e. The summed E-state index contributed by atoms with van der Waals surface area (Å²) in [6.07, 6.45) is 0.747. The zero-order valence-corrected chi connectivity index (χ0v) is 13.9. The molecule has 0 spiro atoms. The quantitative estimate of drug-likeness (QED) is 0.300. The molecule has 0 bridgehead atoms. The first-order valence-corrected chi connectivity index (χ1v) is 7.97. The molecule has 0 fully saturated rings. The molecule has 0 unspecified atom stereocenters. The third-order valence-corrected chi connectivity index (χ3v) is 4.36. The standard InChI is InChI=1S/C19H9F2N3O4/c20-14-5-2-6-15(21)13(14)9-22-23-18(25)11-4-1-3-10-16(24(27)28)8-7-12(17(10)11)19(23)26/h1-9H. The van der Waals surface area contributed by atoms with E-state index in [1.54, 1.807) is 0 Å². The summed E-state index contributed by atoms with van der Waals surface area (Å²) in [5.74, 6) is -3.51. The van der Waals surface area contributed by atoms with Crippen molar-refractivity contribution in [2.24, 2.45) is 5.10 Å². The normalized spacial score (nSPS) is 13.6. The van der Waals surface area contributed by atoms with E-state index in [0.29, 0.717) is 5.01 Å². The predicted molar refractivity (Wildman–Crippen MR) is 95.1 cm³/mol. The number of non-ortho nitro benzene ring substituents is 1. The number of rotatable bonds is 3. The van der Waals surface area contributed by atoms with Crippen molar-refractivity contribution < 1.29 is 23.3 Å². The van der Waals surface area contributed by atoms with Gasteiger partial charge in [0.1, 0.15) is 11.6 Å². The Labute approximate surface area is 155 Å². The van der Waals surface area contributed by atoms with Gasteiger partial charge in [-0.25, -0.2) is 8.78 Å². The summed E-state index contributed by atoms with van der Waals surface area (Å²) in [6.45, 7) is 0. The van der Waals surface area contributed by atoms with E-state index in [-0.39, 0.29) is 27.6 Å². The Morgan fingerprint density at radius 2 is 1.54 bits per heavy atom. The summed E-state index contributed by atoms with van der Waals surface area (Å²) in [6, 6.07) is 9.87. The second-order valence-electron chi connectivity index (χ2n) is 5.92. The molecule has 28 heavy (non-hydrogen) atoms. The molecular weight excluding hydrogens is 372 g/mol. The van der Waals surface area contributed by atoms with Crippen LogP contribution in [0.25, 0.3) is 10.8 Å². The van der Waals surface area contributed by atoms with Gasteiger partial charge < -0.3 is 0 Å². The van der Waals surface area contributed by atoms with Crippen LogP contribution in [0.2, 0.25) is 0 Å². The third kappa shape index (κ3) is 2.52. The zero-order chi connectivity index (χ0) is 20.0. The highest BCUT2D eigenvalue weighted by Crippen LogP contribution is 2.35. The van der Waals surface area contributed by atoms with Crippen molar-refractivity contribution in [2.45, 2.75) is 0 Å². The predicted octanol–water partition coefficient (Wildman–Crippen LogP) is 3.66. The van der Waals surface area contributed by atoms with E-state index in [2.05, 4.69) is 5.10 Å². The van der Waals surface area contributed by atoms with Crippen molar-refractivity contribution in [3.05, 3.63) is 87.0 Å². The van der Waals surface area contributed by atoms with Crippen LogP contribution in [0.4, 0.5) is 14.5 Å². The lowest BCUT2D eigenvalue weighted by atomic mass is 9.94. The second kappa shape index (κ2) is 6.31. The Hall–Kier alpha value is -4.01. The van der Waals surface area contributed by atoms with Crippen molar-refractivity contribution in [1.29, 1.82) is 0 Å². The van der Waals surface area contributed by atoms with Crippen molar-refractivity contribution in [3.63, 3.8) is 0 Å². The molecule has 0 saturated heterocycles. The molecule has 138 valence electrons. The van der Waals surface area contributed by atoms with Crippen LogP contribution in [0.1, 0.15) is 26.3 Å². The van der Waals surface area contributed by atoms with E-state index in [1.807, 2.05) is 0 Å². The molecule has 0 atom stereocenters. The van der Waals surface area contributed by atoms with Gasteiger partial charge >= 0.3 is 0 Å². The molecule has 0 aliphatic carbocycles. The fourth-order valence-corrected chi connectivity index (χ4v) is 3.08. The number of carbonyl (C=O) groups is 2. The minimum atomic E-state index is -0.904. The van der Waals surface area contributed by atoms with Gasteiger partial charge in [-0.05, 0) is 30.3 Å². The maximum absolute atomic E-state index is 13.8. The Kier molecular flexibility index (Phi) is 3.92. The van der Waals surface area contributed by atoms with Gasteiger partial charge in [-0.1, -0.05) is 12.1 Å². The van der Waals surface area contributed by atoms with E-state index < -0.39 is 33.9 Å². The van der Waals surface area contributed by atoms with Crippen molar-refractivity contribution >= 4 is 34.5 Å². The fraction of sp³-hybridized carbons (Fsp3) is 0. The highest BCUT2D eigenvalue weighted by atomic mass is 19.1. The van der Waals surface area contributed by atoms with Gasteiger partial charge in [0, 0.05) is 11.5 Å². The van der Waals surface area contributed by atoms with Crippen molar-refractivity contribution in [3.8, 4) is 0 Å². The lowest BCUT2D eigenvalue weighted by Gasteiger charge is -2.23. The number of nitro benzene ring substituents is 1. The van der Waals surface area contributed by atoms with Gasteiger partial charge in [0.15, 0.2) is 0 Å². The first kappa shape index (κ1) is 17.4. The lowest BCUT2D eigenvalue weighted by Crippen LogP contribution is -2.36. The molecule has 1 aliphatic heterocycles. The summed E-state index contributed by atoms with van der Waals surface area (Å²) < 4.78 is 27.5. The Bertz CT molecular complexity index is 1180. The molecule has 7 nitrogen and oxygen atoms in total. The van der Waals surface area contributed by atoms with E-state index in [1.165, 1.54) is 30.3 Å². The zero-order valence-electron chi connectivity index (χ0n) is 13.9. The smallest absolute Gasteiger partial charge is 0.267 e. The minimum Gasteiger partial charge on any atom is -0.267 e. The van der Waals surface area contributed by atoms with Gasteiger partial charge in [0.25, 0.3) is 17.5 Å². The number of nitrogens with zero attached hydrogens (tertiary/aromatic N) is 3. The van der Waals surface area contributed by atoms with Gasteiger partial charge in [-0.3, -0.25) is 19.7 Å². The first-order valence-electron chi connectivity index (χ1n) is 7.97. The van der Waals surface area contributed by atoms with E-state index in [9.17, 15) is 28.5 Å². The molecule has 2 amide bonds. The van der Waals surface area contributed by atoms with Crippen LogP contribution < -0.4 is 0 Å². The number of imide groups is 1. The van der Waals surface area contributed by atoms with Gasteiger partial charge in [-0.2, -0.15) is 10.1 Å². The monoisotopic (exact) mass is 381 g/mol. The summed E-state index contributed by atoms with van der Waals surface area (Å²) in [5.41, 5.74) is -0.689. The summed E-state index contributed by atoms with van der Waals surface area (Å²) in [7, 11) is 0. The van der Waals surface area contributed by atoms with Crippen molar-refractivity contribution in [1.82, 2.24) is 5.01 Å². The van der Waals surface area contributed by atoms with Crippen LogP contribution in [0, 0.1) is 21.7 Å². The maximum atomic E-state index is 13.8. The van der Waals surface area contributed by atoms with E-state index in [0.717, 1.165) is 24.4 Å². The van der Waals surface area contributed by atoms with Crippen LogP contribution in [0.5, 0.6) is 0 Å². The number of hydrogen-bond donors (Lipinski definition) is 0. The molecule has 0 saturated carbocycles. The molecule has 4 rings (SSSR count). The summed E-state index contributed by atoms with van der Waals surface area (Å²) in [5, 5.41) is 15.7. The third-order valence-electron chi connectivity index (χ3n) is 4.36. The van der Waals surface area contributed by atoms with Crippen LogP contribution >= 0.6 is 0 Å². The van der Waals surface area contributed by atoms with Crippen LogP contribution in [0.3, 0.4) is 0 Å². The van der Waals surface area contributed by atoms with Crippen LogP contribution in [-0.2, 0) is 0 Å². The number of nitro groups is 1.